The molecule has 0 atom stereocenters. The van der Waals surface area contributed by atoms with Crippen LogP contribution in [0.4, 0.5) is 0 Å². The van der Waals surface area contributed by atoms with Crippen LogP contribution in [0.2, 0.25) is 0 Å². The molecule has 0 aliphatic carbocycles. The van der Waals surface area contributed by atoms with Crippen molar-refractivity contribution in [2.75, 3.05) is 0 Å². The first-order valence-corrected chi connectivity index (χ1v) is 14.0. The van der Waals surface area contributed by atoms with Crippen molar-refractivity contribution in [3.8, 4) is 16.8 Å². The number of hydrogen-bond acceptors (Lipinski definition) is 2. The van der Waals surface area contributed by atoms with Gasteiger partial charge in [0, 0.05) is 53.5 Å². The zero-order valence-electron chi connectivity index (χ0n) is 20.9. The number of nitrogens with zero attached hydrogens (tertiary/aromatic N) is 1. The average Bonchev–Trinajstić information content (AvgIpc) is 3.65. The maximum atomic E-state index is 6.51. The van der Waals surface area contributed by atoms with E-state index in [4.69, 9.17) is 4.42 Å². The van der Waals surface area contributed by atoms with Crippen molar-refractivity contribution in [1.82, 2.24) is 4.57 Å². The highest BCUT2D eigenvalue weighted by Crippen LogP contribution is 2.39. The van der Waals surface area contributed by atoms with Crippen LogP contribution in [0, 0.1) is 0 Å². The van der Waals surface area contributed by atoms with Gasteiger partial charge in [-0.3, -0.25) is 0 Å². The molecule has 0 unspecified atom stereocenters. The number of fused-ring (bicyclic) bond motifs is 9. The van der Waals surface area contributed by atoms with Gasteiger partial charge in [-0.25, -0.2) is 0 Å². The van der Waals surface area contributed by atoms with Gasteiger partial charge < -0.3 is 8.98 Å². The van der Waals surface area contributed by atoms with Crippen molar-refractivity contribution < 1.29 is 4.42 Å². The summed E-state index contributed by atoms with van der Waals surface area (Å²) < 4.78 is 11.5. The standard InChI is InChI=1S/C36H21NOS/c1-4-10-31-25(7-1)26-8-2-5-11-32(26)37(31)24-15-17-28-27-16-13-23(20-33(27)38-34(28)21-24)22-14-18-36-30(19-22)29-9-3-6-12-35(29)39-36/h1-21H. The highest BCUT2D eigenvalue weighted by molar-refractivity contribution is 7.25. The van der Waals surface area contributed by atoms with E-state index in [1.165, 1.54) is 53.1 Å². The zero-order chi connectivity index (χ0) is 25.5. The highest BCUT2D eigenvalue weighted by Gasteiger charge is 2.15. The molecule has 0 aliphatic heterocycles. The minimum Gasteiger partial charge on any atom is -0.456 e. The molecule has 0 fully saturated rings. The molecule has 39 heavy (non-hydrogen) atoms. The largest absolute Gasteiger partial charge is 0.456 e. The Bertz CT molecular complexity index is 2350. The minimum absolute atomic E-state index is 0.904. The Morgan fingerprint density at radius 1 is 0.436 bits per heavy atom. The van der Waals surface area contributed by atoms with Gasteiger partial charge in [-0.05, 0) is 65.7 Å². The Morgan fingerprint density at radius 3 is 1.82 bits per heavy atom. The second-order valence-corrected chi connectivity index (χ2v) is 11.3. The SMILES string of the molecule is c1ccc2c(c1)sc1ccc(-c3ccc4c(c3)oc3cc(-n5c6ccccc6c6ccccc65)ccc34)cc12. The molecule has 0 bridgehead atoms. The molecule has 9 rings (SSSR count). The van der Waals surface area contributed by atoms with E-state index < -0.39 is 0 Å². The van der Waals surface area contributed by atoms with Crippen molar-refractivity contribution in [2.24, 2.45) is 0 Å². The third-order valence-corrected chi connectivity index (χ3v) is 9.16. The van der Waals surface area contributed by atoms with E-state index in [2.05, 4.69) is 132 Å². The molecule has 0 N–H and O–H groups in total. The lowest BCUT2D eigenvalue weighted by atomic mass is 10.0. The second-order valence-electron chi connectivity index (χ2n) is 10.2. The molecule has 0 spiro atoms. The van der Waals surface area contributed by atoms with Gasteiger partial charge in [-0.1, -0.05) is 66.7 Å². The van der Waals surface area contributed by atoms with Gasteiger partial charge in [0.05, 0.1) is 11.0 Å². The van der Waals surface area contributed by atoms with E-state index >= 15 is 0 Å². The number of benzene rings is 6. The molecule has 3 heteroatoms. The van der Waals surface area contributed by atoms with E-state index in [1.807, 2.05) is 11.3 Å². The molecule has 0 amide bonds. The summed E-state index contributed by atoms with van der Waals surface area (Å²) in [6, 6.07) is 45.8. The number of thiophene rings is 1. The lowest BCUT2D eigenvalue weighted by Crippen LogP contribution is -1.93. The Kier molecular flexibility index (Phi) is 4.24. The summed E-state index contributed by atoms with van der Waals surface area (Å²) in [5.74, 6) is 0. The normalized spacial score (nSPS) is 12.1. The Balaban J connectivity index is 1.21. The van der Waals surface area contributed by atoms with Gasteiger partial charge in [0.15, 0.2) is 0 Å². The van der Waals surface area contributed by atoms with Gasteiger partial charge in [0.1, 0.15) is 11.2 Å². The lowest BCUT2D eigenvalue weighted by molar-refractivity contribution is 0.669. The predicted octanol–water partition coefficient (Wildman–Crippen LogP) is 10.7. The fourth-order valence-corrected chi connectivity index (χ4v) is 7.28. The summed E-state index contributed by atoms with van der Waals surface area (Å²) in [6.45, 7) is 0. The second kappa shape index (κ2) is 7.83. The maximum Gasteiger partial charge on any atom is 0.137 e. The summed E-state index contributed by atoms with van der Waals surface area (Å²) in [4.78, 5) is 0. The van der Waals surface area contributed by atoms with E-state index in [1.54, 1.807) is 0 Å². The Labute approximate surface area is 227 Å². The summed E-state index contributed by atoms with van der Waals surface area (Å²) in [7, 11) is 0. The van der Waals surface area contributed by atoms with Gasteiger partial charge in [-0.2, -0.15) is 0 Å². The summed E-state index contributed by atoms with van der Waals surface area (Å²) in [6.07, 6.45) is 0. The fraction of sp³-hybridized carbons (Fsp3) is 0. The summed E-state index contributed by atoms with van der Waals surface area (Å²) in [5, 5.41) is 7.44. The molecule has 0 radical (unpaired) electrons. The molecule has 6 aromatic carbocycles. The molecule has 0 saturated carbocycles. The van der Waals surface area contributed by atoms with Crippen molar-refractivity contribution in [3.05, 3.63) is 127 Å². The molecular weight excluding hydrogens is 494 g/mol. The van der Waals surface area contributed by atoms with E-state index in [-0.39, 0.29) is 0 Å². The van der Waals surface area contributed by atoms with Crippen molar-refractivity contribution in [1.29, 1.82) is 0 Å². The van der Waals surface area contributed by atoms with Crippen LogP contribution in [0.1, 0.15) is 0 Å². The van der Waals surface area contributed by atoms with Crippen molar-refractivity contribution in [3.63, 3.8) is 0 Å². The summed E-state index contributed by atoms with van der Waals surface area (Å²) >= 11 is 1.85. The third-order valence-electron chi connectivity index (χ3n) is 8.01. The molecular formula is C36H21NOS. The smallest absolute Gasteiger partial charge is 0.137 e. The van der Waals surface area contributed by atoms with E-state index in [9.17, 15) is 0 Å². The van der Waals surface area contributed by atoms with Crippen LogP contribution < -0.4 is 0 Å². The van der Waals surface area contributed by atoms with Crippen LogP contribution in [-0.2, 0) is 0 Å². The molecule has 9 aromatic rings. The van der Waals surface area contributed by atoms with Crippen LogP contribution >= 0.6 is 11.3 Å². The molecule has 0 saturated heterocycles. The van der Waals surface area contributed by atoms with Gasteiger partial charge in [0.25, 0.3) is 0 Å². The van der Waals surface area contributed by atoms with Crippen LogP contribution in [0.3, 0.4) is 0 Å². The average molecular weight is 516 g/mol. The molecule has 0 aliphatic rings. The molecule has 3 aromatic heterocycles. The fourth-order valence-electron chi connectivity index (χ4n) is 6.19. The molecule has 3 heterocycles. The predicted molar refractivity (Wildman–Crippen MR) is 166 cm³/mol. The van der Waals surface area contributed by atoms with Gasteiger partial charge in [-0.15, -0.1) is 11.3 Å². The first-order valence-electron chi connectivity index (χ1n) is 13.2. The van der Waals surface area contributed by atoms with Crippen LogP contribution in [0.25, 0.3) is 80.7 Å². The quantitative estimate of drug-likeness (QED) is 0.224. The minimum atomic E-state index is 0.904. The summed E-state index contributed by atoms with van der Waals surface area (Å²) in [5.41, 5.74) is 7.70. The van der Waals surface area contributed by atoms with Crippen molar-refractivity contribution in [2.45, 2.75) is 0 Å². The first kappa shape index (κ1) is 21.1. The lowest BCUT2D eigenvalue weighted by Gasteiger charge is -2.07. The number of hydrogen-bond donors (Lipinski definition) is 0. The van der Waals surface area contributed by atoms with Crippen molar-refractivity contribution >= 4 is 75.3 Å². The zero-order valence-corrected chi connectivity index (χ0v) is 21.7. The monoisotopic (exact) mass is 515 g/mol. The van der Waals surface area contributed by atoms with Gasteiger partial charge in [0.2, 0.25) is 0 Å². The molecule has 182 valence electrons. The van der Waals surface area contributed by atoms with Crippen LogP contribution in [-0.4, -0.2) is 4.57 Å². The first-order chi connectivity index (χ1) is 19.3. The number of para-hydroxylation sites is 2. The van der Waals surface area contributed by atoms with E-state index in [0.29, 0.717) is 0 Å². The van der Waals surface area contributed by atoms with Gasteiger partial charge >= 0.3 is 0 Å². The van der Waals surface area contributed by atoms with E-state index in [0.717, 1.165) is 27.6 Å². The number of rotatable bonds is 2. The maximum absolute atomic E-state index is 6.51. The molecule has 2 nitrogen and oxygen atoms in total. The Hall–Kier alpha value is -4.86. The highest BCUT2D eigenvalue weighted by atomic mass is 32.1. The number of aromatic nitrogens is 1. The van der Waals surface area contributed by atoms with Crippen LogP contribution in [0.5, 0.6) is 0 Å². The third kappa shape index (κ3) is 3.02. The number of furan rings is 1. The Morgan fingerprint density at radius 2 is 1.03 bits per heavy atom. The topological polar surface area (TPSA) is 18.1 Å². The van der Waals surface area contributed by atoms with Crippen LogP contribution in [0.15, 0.2) is 132 Å².